The fourth-order valence-electron chi connectivity index (χ4n) is 1.53. The number of anilines is 1. The average molecular weight is 322 g/mol. The lowest BCUT2D eigenvalue weighted by Crippen LogP contribution is -2.34. The van der Waals surface area contributed by atoms with E-state index < -0.39 is 5.97 Å². The van der Waals surface area contributed by atoms with Crippen LogP contribution in [0.3, 0.4) is 0 Å². The Morgan fingerprint density at radius 2 is 2.30 bits per heavy atom. The molecule has 0 bridgehead atoms. The molecule has 2 heterocycles. The van der Waals surface area contributed by atoms with E-state index in [-0.39, 0.29) is 34.1 Å². The minimum absolute atomic E-state index is 0.0892. The molecule has 0 saturated carbocycles. The molecule has 1 fully saturated rings. The van der Waals surface area contributed by atoms with Gasteiger partial charge in [-0.25, -0.2) is 9.78 Å². The van der Waals surface area contributed by atoms with E-state index >= 15 is 0 Å². The van der Waals surface area contributed by atoms with E-state index in [0.29, 0.717) is 13.2 Å². The predicted octanol–water partition coefficient (Wildman–Crippen LogP) is 2.04. The third-order valence-corrected chi connectivity index (χ3v) is 3.13. The lowest BCUT2D eigenvalue weighted by Gasteiger charge is -2.27. The smallest absolute Gasteiger partial charge is 0.356 e. The molecule has 0 amide bonds. The maximum absolute atomic E-state index is 11.0. The number of aromatic carboxylic acids is 1. The van der Waals surface area contributed by atoms with Gasteiger partial charge in [0.25, 0.3) is 0 Å². The number of hydrogen-bond acceptors (Lipinski definition) is 6. The van der Waals surface area contributed by atoms with E-state index in [4.69, 9.17) is 37.8 Å². The highest BCUT2D eigenvalue weighted by atomic mass is 35.5. The Bertz CT molecular complexity index is 511. The summed E-state index contributed by atoms with van der Waals surface area (Å²) in [6, 6.07) is -0.149. The average Bonchev–Trinajstić information content (AvgIpc) is 2.31. The molecule has 0 aromatic carbocycles. The van der Waals surface area contributed by atoms with Crippen molar-refractivity contribution in [2.75, 3.05) is 18.5 Å². The maximum Gasteiger partial charge on any atom is 0.356 e. The zero-order valence-electron chi connectivity index (χ0n) is 10.6. The van der Waals surface area contributed by atoms with Crippen LogP contribution in [-0.4, -0.2) is 46.6 Å². The number of ether oxygens (including phenoxy) is 2. The number of carboxylic acids is 1. The minimum Gasteiger partial charge on any atom is -0.476 e. The summed E-state index contributed by atoms with van der Waals surface area (Å²) in [5.41, 5.74) is -0.343. The topological polar surface area (TPSA) is 93.6 Å². The number of nitrogens with zero attached hydrogens (tertiary/aromatic N) is 2. The van der Waals surface area contributed by atoms with Gasteiger partial charge >= 0.3 is 5.97 Å². The van der Waals surface area contributed by atoms with Crippen molar-refractivity contribution < 1.29 is 19.4 Å². The number of carbonyl (C=O) groups is 1. The van der Waals surface area contributed by atoms with Gasteiger partial charge in [-0.3, -0.25) is 0 Å². The maximum atomic E-state index is 11.0. The summed E-state index contributed by atoms with van der Waals surface area (Å²) in [5, 5.41) is 11.6. The second kappa shape index (κ2) is 6.53. The quantitative estimate of drug-likeness (QED) is 0.774. The highest BCUT2D eigenvalue weighted by Gasteiger charge is 2.21. The summed E-state index contributed by atoms with van der Waals surface area (Å²) in [4.78, 5) is 18.4. The SMILES string of the molecule is CC(COC1CCO1)Nc1nc(Cl)nc(C(=O)O)c1Cl. The fraction of sp³-hybridized carbons (Fsp3) is 0.545. The fourth-order valence-corrected chi connectivity index (χ4v) is 1.92. The van der Waals surface area contributed by atoms with Gasteiger partial charge in [0.2, 0.25) is 5.28 Å². The van der Waals surface area contributed by atoms with Crippen molar-refractivity contribution in [2.24, 2.45) is 0 Å². The number of nitrogens with one attached hydrogen (secondary N) is 1. The largest absolute Gasteiger partial charge is 0.476 e. The van der Waals surface area contributed by atoms with Crippen LogP contribution in [0.4, 0.5) is 5.82 Å². The third kappa shape index (κ3) is 3.69. The number of aromatic nitrogens is 2. The van der Waals surface area contributed by atoms with Gasteiger partial charge in [-0.1, -0.05) is 11.6 Å². The summed E-state index contributed by atoms with van der Waals surface area (Å²) in [6.45, 7) is 2.91. The molecule has 110 valence electrons. The van der Waals surface area contributed by atoms with Gasteiger partial charge in [0.15, 0.2) is 17.8 Å². The van der Waals surface area contributed by atoms with E-state index in [1.54, 1.807) is 0 Å². The first-order valence-electron chi connectivity index (χ1n) is 5.93. The Labute approximate surface area is 125 Å². The van der Waals surface area contributed by atoms with Gasteiger partial charge in [-0.05, 0) is 18.5 Å². The Balaban J connectivity index is 2.01. The summed E-state index contributed by atoms with van der Waals surface area (Å²) in [5.74, 6) is -1.11. The molecule has 1 aliphatic rings. The Morgan fingerprint density at radius 1 is 1.60 bits per heavy atom. The predicted molar refractivity (Wildman–Crippen MR) is 72.4 cm³/mol. The zero-order chi connectivity index (χ0) is 14.7. The first-order valence-corrected chi connectivity index (χ1v) is 6.69. The van der Waals surface area contributed by atoms with Gasteiger partial charge in [0.1, 0.15) is 5.02 Å². The van der Waals surface area contributed by atoms with Gasteiger partial charge in [-0.15, -0.1) is 0 Å². The molecule has 0 radical (unpaired) electrons. The number of hydrogen-bond donors (Lipinski definition) is 2. The van der Waals surface area contributed by atoms with E-state index in [0.717, 1.165) is 6.42 Å². The summed E-state index contributed by atoms with van der Waals surface area (Å²) < 4.78 is 10.6. The van der Waals surface area contributed by atoms with E-state index in [9.17, 15) is 4.79 Å². The van der Waals surface area contributed by atoms with Crippen LogP contribution in [0.2, 0.25) is 10.3 Å². The summed E-state index contributed by atoms with van der Waals surface area (Å²) in [6.07, 6.45) is 0.703. The zero-order valence-corrected chi connectivity index (χ0v) is 12.1. The van der Waals surface area contributed by atoms with Crippen LogP contribution in [-0.2, 0) is 9.47 Å². The number of halogens is 2. The van der Waals surface area contributed by atoms with Crippen molar-refractivity contribution >= 4 is 35.0 Å². The monoisotopic (exact) mass is 321 g/mol. The molecule has 1 aromatic heterocycles. The summed E-state index contributed by atoms with van der Waals surface area (Å²) >= 11 is 11.6. The molecule has 0 spiro atoms. The molecule has 9 heteroatoms. The molecular weight excluding hydrogens is 309 g/mol. The molecule has 1 aromatic rings. The van der Waals surface area contributed by atoms with Gasteiger partial charge in [-0.2, -0.15) is 4.98 Å². The lowest BCUT2D eigenvalue weighted by atomic mass is 10.3. The van der Waals surface area contributed by atoms with Gasteiger partial charge < -0.3 is 19.9 Å². The van der Waals surface area contributed by atoms with Crippen molar-refractivity contribution in [1.29, 1.82) is 0 Å². The van der Waals surface area contributed by atoms with Gasteiger partial charge in [0, 0.05) is 12.5 Å². The molecule has 2 atom stereocenters. The van der Waals surface area contributed by atoms with Crippen LogP contribution >= 0.6 is 23.2 Å². The van der Waals surface area contributed by atoms with Gasteiger partial charge in [0.05, 0.1) is 13.2 Å². The van der Waals surface area contributed by atoms with Crippen LogP contribution in [0.1, 0.15) is 23.8 Å². The van der Waals surface area contributed by atoms with Crippen molar-refractivity contribution in [3.8, 4) is 0 Å². The Kier molecular flexibility index (Phi) is 4.98. The molecule has 20 heavy (non-hydrogen) atoms. The van der Waals surface area contributed by atoms with Crippen molar-refractivity contribution in [2.45, 2.75) is 25.7 Å². The van der Waals surface area contributed by atoms with E-state index in [2.05, 4.69) is 15.3 Å². The second-order valence-electron chi connectivity index (χ2n) is 4.28. The Morgan fingerprint density at radius 3 is 2.85 bits per heavy atom. The van der Waals surface area contributed by atoms with Crippen molar-refractivity contribution in [3.05, 3.63) is 16.0 Å². The molecule has 1 saturated heterocycles. The van der Waals surface area contributed by atoms with Crippen LogP contribution < -0.4 is 5.32 Å². The molecule has 2 unspecified atom stereocenters. The lowest BCUT2D eigenvalue weighted by molar-refractivity contribution is -0.215. The Hall–Kier alpha value is -1.15. The first-order chi connectivity index (χ1) is 9.47. The van der Waals surface area contributed by atoms with Crippen LogP contribution in [0.25, 0.3) is 0 Å². The number of carboxylic acid groups (broad SMARTS) is 1. The third-order valence-electron chi connectivity index (χ3n) is 2.60. The first kappa shape index (κ1) is 15.2. The molecule has 2 rings (SSSR count). The highest BCUT2D eigenvalue weighted by Crippen LogP contribution is 2.25. The standard InChI is InChI=1S/C11H13Cl2N3O4/c1-5(4-20-6-2-3-19-6)14-9-7(12)8(10(17)18)15-11(13)16-9/h5-6H,2-4H2,1H3,(H,17,18)(H,14,15,16). The molecule has 1 aliphatic heterocycles. The van der Waals surface area contributed by atoms with Crippen LogP contribution in [0.5, 0.6) is 0 Å². The molecule has 2 N–H and O–H groups in total. The minimum atomic E-state index is -1.27. The van der Waals surface area contributed by atoms with Crippen molar-refractivity contribution in [3.63, 3.8) is 0 Å². The van der Waals surface area contributed by atoms with E-state index in [1.807, 2.05) is 6.92 Å². The van der Waals surface area contributed by atoms with Crippen LogP contribution in [0.15, 0.2) is 0 Å². The molecule has 0 aliphatic carbocycles. The molecule has 7 nitrogen and oxygen atoms in total. The number of rotatable bonds is 6. The highest BCUT2D eigenvalue weighted by molar-refractivity contribution is 6.36. The summed E-state index contributed by atoms with van der Waals surface area (Å²) in [7, 11) is 0. The van der Waals surface area contributed by atoms with E-state index in [1.165, 1.54) is 0 Å². The molecular formula is C11H13Cl2N3O4. The van der Waals surface area contributed by atoms with Crippen LogP contribution in [0, 0.1) is 0 Å². The second-order valence-corrected chi connectivity index (χ2v) is 4.99. The van der Waals surface area contributed by atoms with Crippen molar-refractivity contribution in [1.82, 2.24) is 9.97 Å². The normalized spacial score (nSPS) is 19.2.